The van der Waals surface area contributed by atoms with Gasteiger partial charge in [-0.2, -0.15) is 0 Å². The van der Waals surface area contributed by atoms with E-state index in [4.69, 9.17) is 16.3 Å². The molecule has 0 spiro atoms. The van der Waals surface area contributed by atoms with Gasteiger partial charge in [0.1, 0.15) is 11.4 Å². The first-order valence-corrected chi connectivity index (χ1v) is 8.03. The Kier molecular flexibility index (Phi) is 4.90. The van der Waals surface area contributed by atoms with Crippen molar-refractivity contribution in [2.75, 3.05) is 6.54 Å². The summed E-state index contributed by atoms with van der Waals surface area (Å²) in [4.78, 5) is 14.3. The molecule has 1 aromatic carbocycles. The van der Waals surface area contributed by atoms with Gasteiger partial charge in [0.05, 0.1) is 11.1 Å². The van der Waals surface area contributed by atoms with Crippen LogP contribution in [0.1, 0.15) is 52.1 Å². The summed E-state index contributed by atoms with van der Waals surface area (Å²) in [5.41, 5.74) is 0.412. The molecule has 1 fully saturated rings. The topological polar surface area (TPSA) is 49.8 Å². The largest absolute Gasteiger partial charge is 0.506 e. The lowest BCUT2D eigenvalue weighted by molar-refractivity contribution is 0.00364. The molecule has 1 amide bonds. The van der Waals surface area contributed by atoms with Crippen LogP contribution in [0, 0.1) is 5.92 Å². The van der Waals surface area contributed by atoms with Gasteiger partial charge in [-0.3, -0.25) is 0 Å². The minimum Gasteiger partial charge on any atom is -0.506 e. The van der Waals surface area contributed by atoms with E-state index in [1.165, 1.54) is 0 Å². The molecule has 2 atom stereocenters. The number of hydrogen-bond donors (Lipinski definition) is 1. The zero-order valence-electron chi connectivity index (χ0n) is 13.6. The smallest absolute Gasteiger partial charge is 0.410 e. The van der Waals surface area contributed by atoms with E-state index in [0.717, 1.165) is 18.4 Å². The number of likely N-dealkylation sites (tertiary alicyclic amines) is 1. The zero-order chi connectivity index (χ0) is 16.5. The number of nitrogens with zero attached hydrogens (tertiary/aromatic N) is 1. The maximum Gasteiger partial charge on any atom is 0.410 e. The molecule has 5 heteroatoms. The van der Waals surface area contributed by atoms with Gasteiger partial charge in [0, 0.05) is 6.54 Å². The lowest BCUT2D eigenvalue weighted by Gasteiger charge is -2.39. The molecular formula is C17H24ClNO3. The summed E-state index contributed by atoms with van der Waals surface area (Å²) in [5, 5.41) is 9.88. The van der Waals surface area contributed by atoms with E-state index >= 15 is 0 Å². The quantitative estimate of drug-likeness (QED) is 0.810. The Morgan fingerprint density at radius 2 is 2.05 bits per heavy atom. The predicted octanol–water partition coefficient (Wildman–Crippen LogP) is 4.75. The summed E-state index contributed by atoms with van der Waals surface area (Å²) in [5.74, 6) is 0.495. The number of amides is 1. The van der Waals surface area contributed by atoms with Gasteiger partial charge in [0.2, 0.25) is 0 Å². The molecule has 1 aliphatic heterocycles. The second-order valence-corrected chi connectivity index (χ2v) is 7.45. The molecule has 0 radical (unpaired) electrons. The fourth-order valence-corrected chi connectivity index (χ4v) is 2.94. The molecule has 1 aliphatic rings. The van der Waals surface area contributed by atoms with Crippen molar-refractivity contribution in [3.05, 3.63) is 28.8 Å². The van der Waals surface area contributed by atoms with Crippen LogP contribution in [-0.4, -0.2) is 28.2 Å². The maximum atomic E-state index is 12.5. The number of aromatic hydroxyl groups is 1. The molecule has 0 bridgehead atoms. The minimum atomic E-state index is -0.519. The van der Waals surface area contributed by atoms with E-state index < -0.39 is 5.60 Å². The highest BCUT2D eigenvalue weighted by molar-refractivity contribution is 6.32. The number of piperidine rings is 1. The highest BCUT2D eigenvalue weighted by atomic mass is 35.5. The third-order valence-electron chi connectivity index (χ3n) is 3.80. The van der Waals surface area contributed by atoms with Crippen LogP contribution < -0.4 is 0 Å². The summed E-state index contributed by atoms with van der Waals surface area (Å²) < 4.78 is 5.54. The van der Waals surface area contributed by atoms with E-state index in [2.05, 4.69) is 6.92 Å². The van der Waals surface area contributed by atoms with E-state index in [9.17, 15) is 9.90 Å². The number of carbonyl (C=O) groups is 1. The Hall–Kier alpha value is -1.42. The van der Waals surface area contributed by atoms with Crippen molar-refractivity contribution in [1.82, 2.24) is 4.90 Å². The highest BCUT2D eigenvalue weighted by Gasteiger charge is 2.34. The van der Waals surface area contributed by atoms with Crippen LogP contribution >= 0.6 is 11.6 Å². The maximum absolute atomic E-state index is 12.5. The first-order valence-electron chi connectivity index (χ1n) is 7.65. The van der Waals surface area contributed by atoms with Gasteiger partial charge in [0.25, 0.3) is 0 Å². The zero-order valence-corrected chi connectivity index (χ0v) is 14.4. The number of halogens is 1. The van der Waals surface area contributed by atoms with Crippen molar-refractivity contribution in [2.45, 2.75) is 52.2 Å². The number of carbonyl (C=O) groups excluding carboxylic acids is 1. The molecule has 0 saturated carbocycles. The van der Waals surface area contributed by atoms with Crippen LogP contribution in [-0.2, 0) is 4.74 Å². The highest BCUT2D eigenvalue weighted by Crippen LogP contribution is 2.36. The summed E-state index contributed by atoms with van der Waals surface area (Å²) in [6, 6.07) is 5.06. The Balaban J connectivity index is 2.26. The van der Waals surface area contributed by atoms with Crippen LogP contribution in [0.5, 0.6) is 5.75 Å². The van der Waals surface area contributed by atoms with Gasteiger partial charge >= 0.3 is 6.09 Å². The Morgan fingerprint density at radius 1 is 1.36 bits per heavy atom. The monoisotopic (exact) mass is 325 g/mol. The number of rotatable bonds is 1. The van der Waals surface area contributed by atoms with Crippen LogP contribution in [0.4, 0.5) is 4.79 Å². The third kappa shape index (κ3) is 4.07. The Bertz CT molecular complexity index is 553. The average Bonchev–Trinajstić information content (AvgIpc) is 2.40. The van der Waals surface area contributed by atoms with E-state index in [0.29, 0.717) is 17.5 Å². The molecule has 1 saturated heterocycles. The Labute approximate surface area is 137 Å². The van der Waals surface area contributed by atoms with Crippen LogP contribution in [0.2, 0.25) is 5.02 Å². The second kappa shape index (κ2) is 6.37. The molecule has 2 rings (SSSR count). The molecule has 0 aromatic heterocycles. The number of phenolic OH excluding ortho intramolecular Hbond substituents is 1. The molecule has 1 heterocycles. The number of hydrogen-bond acceptors (Lipinski definition) is 3. The Morgan fingerprint density at radius 3 is 2.64 bits per heavy atom. The first kappa shape index (κ1) is 16.9. The summed E-state index contributed by atoms with van der Waals surface area (Å²) in [7, 11) is 0. The molecule has 22 heavy (non-hydrogen) atoms. The normalized spacial score (nSPS) is 22.5. The molecular weight excluding hydrogens is 302 g/mol. The lowest BCUT2D eigenvalue weighted by atomic mass is 9.90. The van der Waals surface area contributed by atoms with Crippen molar-refractivity contribution in [3.8, 4) is 5.75 Å². The fourth-order valence-electron chi connectivity index (χ4n) is 2.75. The van der Waals surface area contributed by atoms with Gasteiger partial charge in [-0.15, -0.1) is 0 Å². The molecule has 1 unspecified atom stereocenters. The number of benzene rings is 1. The van der Waals surface area contributed by atoms with Gasteiger partial charge < -0.3 is 14.7 Å². The summed E-state index contributed by atoms with van der Waals surface area (Å²) >= 11 is 6.01. The standard InChI is InChI=1S/C17H24ClNO3/c1-11-5-7-14(12-6-8-15(20)13(18)9-12)19(10-11)16(21)22-17(2,3)4/h6,8-9,11,14,20H,5,7,10H2,1-4H3/t11-,14?/m0/s1. The number of ether oxygens (including phenoxy) is 1. The van der Waals surface area contributed by atoms with Gasteiger partial charge in [-0.25, -0.2) is 4.79 Å². The van der Waals surface area contributed by atoms with Crippen LogP contribution in [0.3, 0.4) is 0 Å². The fraction of sp³-hybridized carbons (Fsp3) is 0.588. The molecule has 4 nitrogen and oxygen atoms in total. The summed E-state index contributed by atoms with van der Waals surface area (Å²) in [6.07, 6.45) is 1.61. The second-order valence-electron chi connectivity index (χ2n) is 7.04. The molecule has 0 aliphatic carbocycles. The number of phenols is 1. The summed E-state index contributed by atoms with van der Waals surface area (Å²) in [6.45, 7) is 8.40. The van der Waals surface area contributed by atoms with Gasteiger partial charge in [-0.1, -0.05) is 24.6 Å². The van der Waals surface area contributed by atoms with Crippen molar-refractivity contribution < 1.29 is 14.6 Å². The predicted molar refractivity (Wildman–Crippen MR) is 87.2 cm³/mol. The van der Waals surface area contributed by atoms with Crippen molar-refractivity contribution >= 4 is 17.7 Å². The van der Waals surface area contributed by atoms with E-state index in [-0.39, 0.29) is 17.9 Å². The first-order chi connectivity index (χ1) is 10.2. The third-order valence-corrected chi connectivity index (χ3v) is 4.10. The van der Waals surface area contributed by atoms with E-state index in [1.54, 1.807) is 17.0 Å². The van der Waals surface area contributed by atoms with Crippen LogP contribution in [0.25, 0.3) is 0 Å². The molecule has 1 aromatic rings. The van der Waals surface area contributed by atoms with Gasteiger partial charge in [0.15, 0.2) is 0 Å². The average molecular weight is 326 g/mol. The minimum absolute atomic E-state index is 0.0541. The van der Waals surface area contributed by atoms with Crippen molar-refractivity contribution in [3.63, 3.8) is 0 Å². The van der Waals surface area contributed by atoms with Crippen molar-refractivity contribution in [1.29, 1.82) is 0 Å². The molecule has 122 valence electrons. The van der Waals surface area contributed by atoms with Crippen LogP contribution in [0.15, 0.2) is 18.2 Å². The van der Waals surface area contributed by atoms with Crippen molar-refractivity contribution in [2.24, 2.45) is 5.92 Å². The van der Waals surface area contributed by atoms with Gasteiger partial charge in [-0.05, 0) is 57.2 Å². The molecule has 1 N–H and O–H groups in total. The lowest BCUT2D eigenvalue weighted by Crippen LogP contribution is -2.44. The SMILES string of the molecule is C[C@H]1CCC(c2ccc(O)c(Cl)c2)N(C(=O)OC(C)(C)C)C1. The van der Waals surface area contributed by atoms with E-state index in [1.807, 2.05) is 26.8 Å².